The Labute approximate surface area is 171 Å². The van der Waals surface area contributed by atoms with Crippen LogP contribution in [0.3, 0.4) is 0 Å². The van der Waals surface area contributed by atoms with Crippen LogP contribution in [-0.2, 0) is 4.79 Å². The topological polar surface area (TPSA) is 42.0 Å². The molecule has 0 aliphatic carbocycles. The molecular weight excluding hydrogens is 376 g/mol. The minimum atomic E-state index is -0.362. The summed E-state index contributed by atoms with van der Waals surface area (Å²) in [5, 5.41) is 0.769. The second-order valence-corrected chi connectivity index (χ2v) is 7.11. The lowest BCUT2D eigenvalue weighted by Gasteiger charge is -2.35. The Kier molecular flexibility index (Phi) is 6.95. The molecule has 1 aliphatic rings. The highest BCUT2D eigenvalue weighted by Gasteiger charge is 2.16. The number of halogens is 1. The van der Waals surface area contributed by atoms with Gasteiger partial charge in [0.25, 0.3) is 0 Å². The fraction of sp³-hybridized carbons (Fsp3) is 0.318. The number of benzene rings is 2. The molecule has 0 unspecified atom stereocenters. The van der Waals surface area contributed by atoms with Gasteiger partial charge in [-0.25, -0.2) is 0 Å². The van der Waals surface area contributed by atoms with Gasteiger partial charge in [0.1, 0.15) is 0 Å². The minimum absolute atomic E-state index is 0.362. The largest absolute Gasteiger partial charge is 0.493 e. The van der Waals surface area contributed by atoms with Crippen LogP contribution in [0.4, 0.5) is 5.69 Å². The van der Waals surface area contributed by atoms with Gasteiger partial charge < -0.3 is 14.4 Å². The van der Waals surface area contributed by atoms with E-state index in [4.69, 9.17) is 21.1 Å². The predicted molar refractivity (Wildman–Crippen MR) is 113 cm³/mol. The summed E-state index contributed by atoms with van der Waals surface area (Å²) in [7, 11) is 1.57. The first-order chi connectivity index (χ1) is 13.5. The molecule has 3 rings (SSSR count). The molecule has 148 valence electrons. The van der Waals surface area contributed by atoms with E-state index in [1.54, 1.807) is 13.2 Å². The van der Waals surface area contributed by atoms with Crippen LogP contribution in [0.25, 0.3) is 6.08 Å². The molecule has 1 fully saturated rings. The highest BCUT2D eigenvalue weighted by Crippen LogP contribution is 2.28. The van der Waals surface area contributed by atoms with Crippen LogP contribution in [0, 0.1) is 0 Å². The Balaban J connectivity index is 1.51. The Bertz CT molecular complexity index is 828. The first kappa shape index (κ1) is 20.2. The van der Waals surface area contributed by atoms with Gasteiger partial charge in [0.15, 0.2) is 11.5 Å². The quantitative estimate of drug-likeness (QED) is 0.539. The van der Waals surface area contributed by atoms with E-state index in [2.05, 4.69) is 34.1 Å². The van der Waals surface area contributed by atoms with E-state index in [9.17, 15) is 4.79 Å². The van der Waals surface area contributed by atoms with Gasteiger partial charge in [0.2, 0.25) is 0 Å². The molecule has 0 saturated carbocycles. The summed E-state index contributed by atoms with van der Waals surface area (Å²) in [5.41, 5.74) is 2.23. The van der Waals surface area contributed by atoms with Crippen LogP contribution in [0.1, 0.15) is 12.5 Å². The van der Waals surface area contributed by atoms with Gasteiger partial charge in [-0.3, -0.25) is 9.69 Å². The number of carbonyl (C=O) groups excluding carboxylic acids is 1. The van der Waals surface area contributed by atoms with E-state index >= 15 is 0 Å². The Morgan fingerprint density at radius 3 is 2.43 bits per heavy atom. The lowest BCUT2D eigenvalue weighted by Crippen LogP contribution is -2.46. The van der Waals surface area contributed by atoms with Gasteiger partial charge >= 0.3 is 5.97 Å². The van der Waals surface area contributed by atoms with Gasteiger partial charge in [0.05, 0.1) is 7.11 Å². The molecule has 28 heavy (non-hydrogen) atoms. The van der Waals surface area contributed by atoms with Crippen molar-refractivity contribution < 1.29 is 14.3 Å². The van der Waals surface area contributed by atoms with Crippen LogP contribution < -0.4 is 14.4 Å². The van der Waals surface area contributed by atoms with E-state index in [-0.39, 0.29) is 5.97 Å². The van der Waals surface area contributed by atoms with Crippen molar-refractivity contribution in [2.24, 2.45) is 0 Å². The number of nitrogens with zero attached hydrogens (tertiary/aromatic N) is 2. The average molecular weight is 401 g/mol. The third kappa shape index (κ3) is 5.50. The van der Waals surface area contributed by atoms with Crippen molar-refractivity contribution in [3.8, 4) is 11.5 Å². The molecule has 1 saturated heterocycles. The number of methoxy groups -OCH3 is 1. The summed E-state index contributed by atoms with van der Waals surface area (Å²) in [4.78, 5) is 15.9. The van der Waals surface area contributed by atoms with E-state index in [1.807, 2.05) is 24.3 Å². The number of piperazine rings is 1. The molecule has 0 N–H and O–H groups in total. The molecule has 1 heterocycles. The maximum atomic E-state index is 11.1. The molecule has 5 nitrogen and oxygen atoms in total. The summed E-state index contributed by atoms with van der Waals surface area (Å²) in [6.07, 6.45) is 4.21. The number of esters is 1. The fourth-order valence-electron chi connectivity index (χ4n) is 3.21. The number of rotatable bonds is 6. The highest BCUT2D eigenvalue weighted by atomic mass is 35.5. The summed E-state index contributed by atoms with van der Waals surface area (Å²) < 4.78 is 10.4. The van der Waals surface area contributed by atoms with Gasteiger partial charge in [-0.15, -0.1) is 0 Å². The maximum Gasteiger partial charge on any atom is 0.308 e. The molecule has 0 bridgehead atoms. The third-order valence-corrected chi connectivity index (χ3v) is 4.93. The van der Waals surface area contributed by atoms with Gasteiger partial charge in [0, 0.05) is 50.4 Å². The second-order valence-electron chi connectivity index (χ2n) is 6.67. The number of hydrogen-bond acceptors (Lipinski definition) is 5. The number of carbonyl (C=O) groups is 1. The molecule has 1 aliphatic heterocycles. The fourth-order valence-corrected chi connectivity index (χ4v) is 3.33. The summed E-state index contributed by atoms with van der Waals surface area (Å²) in [5.74, 6) is 0.624. The monoisotopic (exact) mass is 400 g/mol. The van der Waals surface area contributed by atoms with Crippen LogP contribution in [0.2, 0.25) is 5.02 Å². The lowest BCUT2D eigenvalue weighted by atomic mass is 10.2. The Morgan fingerprint density at radius 1 is 1.07 bits per heavy atom. The van der Waals surface area contributed by atoms with E-state index < -0.39 is 0 Å². The normalized spacial score (nSPS) is 15.0. The third-order valence-electron chi connectivity index (χ3n) is 4.68. The van der Waals surface area contributed by atoms with Crippen molar-refractivity contribution in [2.45, 2.75) is 6.92 Å². The van der Waals surface area contributed by atoms with Crippen LogP contribution in [0.5, 0.6) is 11.5 Å². The smallest absolute Gasteiger partial charge is 0.308 e. The summed E-state index contributed by atoms with van der Waals surface area (Å²) >= 11 is 5.97. The minimum Gasteiger partial charge on any atom is -0.493 e. The molecule has 0 spiro atoms. The van der Waals surface area contributed by atoms with E-state index in [0.29, 0.717) is 11.5 Å². The molecule has 0 radical (unpaired) electrons. The van der Waals surface area contributed by atoms with Crippen molar-refractivity contribution in [3.05, 3.63) is 59.1 Å². The van der Waals surface area contributed by atoms with E-state index in [1.165, 1.54) is 12.6 Å². The molecule has 2 aromatic carbocycles. The first-order valence-electron chi connectivity index (χ1n) is 9.31. The number of hydrogen-bond donors (Lipinski definition) is 0. The lowest BCUT2D eigenvalue weighted by molar-refractivity contribution is -0.132. The number of anilines is 1. The summed E-state index contributed by atoms with van der Waals surface area (Å²) in [6.45, 7) is 6.30. The van der Waals surface area contributed by atoms with Crippen LogP contribution in [0.15, 0.2) is 48.5 Å². The van der Waals surface area contributed by atoms with Gasteiger partial charge in [-0.2, -0.15) is 0 Å². The van der Waals surface area contributed by atoms with Crippen molar-refractivity contribution in [3.63, 3.8) is 0 Å². The van der Waals surface area contributed by atoms with Crippen molar-refractivity contribution in [2.75, 3.05) is 44.7 Å². The molecule has 6 heteroatoms. The zero-order valence-corrected chi connectivity index (χ0v) is 17.0. The van der Waals surface area contributed by atoms with Gasteiger partial charge in [-0.1, -0.05) is 29.8 Å². The SMILES string of the molecule is COc1cc(C=CCN2CCN(c3ccc(Cl)cc3)CC2)ccc1OC(C)=O. The van der Waals surface area contributed by atoms with Crippen molar-refractivity contribution in [1.29, 1.82) is 0 Å². The maximum absolute atomic E-state index is 11.1. The Hall–Kier alpha value is -2.50. The zero-order chi connectivity index (χ0) is 19.9. The first-order valence-corrected chi connectivity index (χ1v) is 9.69. The average Bonchev–Trinajstić information content (AvgIpc) is 2.70. The Morgan fingerprint density at radius 2 is 1.79 bits per heavy atom. The van der Waals surface area contributed by atoms with Gasteiger partial charge in [-0.05, 0) is 42.0 Å². The zero-order valence-electron chi connectivity index (χ0n) is 16.2. The van der Waals surface area contributed by atoms with Crippen molar-refractivity contribution >= 4 is 29.3 Å². The molecule has 0 amide bonds. The molecular formula is C22H25ClN2O3. The summed E-state index contributed by atoms with van der Waals surface area (Å²) in [6, 6.07) is 13.6. The number of ether oxygens (including phenoxy) is 2. The predicted octanol–water partition coefficient (Wildman–Crippen LogP) is 4.11. The highest BCUT2D eigenvalue weighted by molar-refractivity contribution is 6.30. The molecule has 0 atom stereocenters. The second kappa shape index (κ2) is 9.62. The van der Waals surface area contributed by atoms with E-state index in [0.717, 1.165) is 43.3 Å². The van der Waals surface area contributed by atoms with Crippen LogP contribution in [-0.4, -0.2) is 50.7 Å². The van der Waals surface area contributed by atoms with Crippen molar-refractivity contribution in [1.82, 2.24) is 4.90 Å². The van der Waals surface area contributed by atoms with Crippen LogP contribution >= 0.6 is 11.6 Å². The standard InChI is InChI=1S/C22H25ClN2O3/c1-17(26)28-21-10-5-18(16-22(21)27-2)4-3-11-24-12-14-25(15-13-24)20-8-6-19(23)7-9-20/h3-10,16H,11-15H2,1-2H3. The molecule has 0 aromatic heterocycles. The molecule has 2 aromatic rings.